The van der Waals surface area contributed by atoms with E-state index in [0.717, 1.165) is 10.8 Å². The van der Waals surface area contributed by atoms with E-state index in [0.29, 0.717) is 16.8 Å². The number of fused-ring (bicyclic) bond motifs is 2. The summed E-state index contributed by atoms with van der Waals surface area (Å²) in [4.78, 5) is 39.0. The van der Waals surface area contributed by atoms with Crippen molar-refractivity contribution in [1.82, 2.24) is 4.90 Å². The topological polar surface area (TPSA) is 75.7 Å². The Labute approximate surface area is 174 Å². The van der Waals surface area contributed by atoms with Crippen molar-refractivity contribution in [2.75, 3.05) is 18.5 Å². The molecule has 0 radical (unpaired) electrons. The first-order valence-electron chi connectivity index (χ1n) is 9.72. The molecule has 0 aliphatic carbocycles. The maximum Gasteiger partial charge on any atom is 0.262 e. The SMILES string of the molecule is CC(C)(COCC(=O)Nc1cccc2ccccc12)N1C(=O)c2ccccc2C1=O. The highest BCUT2D eigenvalue weighted by atomic mass is 16.5. The maximum atomic E-state index is 12.7. The number of anilines is 1. The minimum Gasteiger partial charge on any atom is -0.369 e. The molecule has 3 aromatic carbocycles. The fourth-order valence-corrected chi connectivity index (χ4v) is 3.72. The first-order valence-corrected chi connectivity index (χ1v) is 9.72. The Hall–Kier alpha value is -3.51. The zero-order valence-electron chi connectivity index (χ0n) is 16.8. The van der Waals surface area contributed by atoms with Crippen molar-refractivity contribution < 1.29 is 19.1 Å². The van der Waals surface area contributed by atoms with Gasteiger partial charge in [-0.05, 0) is 37.4 Å². The van der Waals surface area contributed by atoms with Crippen LogP contribution in [0.15, 0.2) is 66.7 Å². The minimum atomic E-state index is -0.896. The number of carbonyl (C=O) groups excluding carboxylic acids is 3. The molecule has 30 heavy (non-hydrogen) atoms. The molecule has 1 aliphatic heterocycles. The zero-order chi connectivity index (χ0) is 21.3. The van der Waals surface area contributed by atoms with Crippen LogP contribution >= 0.6 is 0 Å². The Kier molecular flexibility index (Phi) is 5.10. The fourth-order valence-electron chi connectivity index (χ4n) is 3.72. The van der Waals surface area contributed by atoms with Crippen LogP contribution in [-0.2, 0) is 9.53 Å². The fraction of sp³-hybridized carbons (Fsp3) is 0.208. The molecule has 1 aliphatic rings. The van der Waals surface area contributed by atoms with Crippen LogP contribution in [0.3, 0.4) is 0 Å². The largest absolute Gasteiger partial charge is 0.369 e. The molecule has 0 saturated carbocycles. The normalized spacial score (nSPS) is 13.6. The van der Waals surface area contributed by atoms with Crippen molar-refractivity contribution in [2.45, 2.75) is 19.4 Å². The first-order chi connectivity index (χ1) is 14.4. The molecule has 3 amide bonds. The maximum absolute atomic E-state index is 12.7. The predicted octanol–water partition coefficient (Wildman–Crippen LogP) is 3.87. The average molecular weight is 402 g/mol. The number of imide groups is 1. The number of hydrogen-bond donors (Lipinski definition) is 1. The first kappa shape index (κ1) is 19.8. The molecule has 3 aromatic rings. The Morgan fingerprint density at radius 2 is 1.50 bits per heavy atom. The van der Waals surface area contributed by atoms with Crippen LogP contribution in [-0.4, -0.2) is 41.4 Å². The van der Waals surface area contributed by atoms with Crippen molar-refractivity contribution in [3.05, 3.63) is 77.9 Å². The van der Waals surface area contributed by atoms with Gasteiger partial charge in [0.25, 0.3) is 11.8 Å². The van der Waals surface area contributed by atoms with E-state index in [1.807, 2.05) is 42.5 Å². The van der Waals surface area contributed by atoms with Gasteiger partial charge < -0.3 is 10.1 Å². The molecule has 0 unspecified atom stereocenters. The van der Waals surface area contributed by atoms with Crippen LogP contribution in [0.4, 0.5) is 5.69 Å². The van der Waals surface area contributed by atoms with Gasteiger partial charge in [0.05, 0.1) is 23.3 Å². The second-order valence-electron chi connectivity index (χ2n) is 7.87. The molecule has 0 spiro atoms. The van der Waals surface area contributed by atoms with Crippen molar-refractivity contribution in [1.29, 1.82) is 0 Å². The van der Waals surface area contributed by atoms with E-state index in [9.17, 15) is 14.4 Å². The molecule has 0 bridgehead atoms. The molecule has 4 rings (SSSR count). The van der Waals surface area contributed by atoms with E-state index in [4.69, 9.17) is 4.74 Å². The number of nitrogens with one attached hydrogen (secondary N) is 1. The summed E-state index contributed by atoms with van der Waals surface area (Å²) in [6.45, 7) is 3.35. The third-order valence-electron chi connectivity index (χ3n) is 5.15. The number of nitrogens with zero attached hydrogens (tertiary/aromatic N) is 1. The Morgan fingerprint density at radius 3 is 2.20 bits per heavy atom. The van der Waals surface area contributed by atoms with E-state index in [1.165, 1.54) is 4.90 Å². The highest BCUT2D eigenvalue weighted by Gasteiger charge is 2.44. The summed E-state index contributed by atoms with van der Waals surface area (Å²) in [6.07, 6.45) is 0. The molecule has 0 saturated heterocycles. The average Bonchev–Trinajstić information content (AvgIpc) is 2.99. The third-order valence-corrected chi connectivity index (χ3v) is 5.15. The number of amides is 3. The van der Waals surface area contributed by atoms with Gasteiger partial charge in [0, 0.05) is 11.1 Å². The van der Waals surface area contributed by atoms with Gasteiger partial charge in [0.1, 0.15) is 6.61 Å². The van der Waals surface area contributed by atoms with Crippen LogP contribution < -0.4 is 5.32 Å². The lowest BCUT2D eigenvalue weighted by Gasteiger charge is -2.33. The summed E-state index contributed by atoms with van der Waals surface area (Å²) < 4.78 is 5.59. The molecular formula is C24H22N2O4. The summed E-state index contributed by atoms with van der Waals surface area (Å²) in [6, 6.07) is 20.2. The van der Waals surface area contributed by atoms with Gasteiger partial charge in [0.15, 0.2) is 0 Å². The molecule has 1 heterocycles. The summed E-state index contributed by atoms with van der Waals surface area (Å²) in [5, 5.41) is 4.84. The van der Waals surface area contributed by atoms with Crippen LogP contribution in [0.5, 0.6) is 0 Å². The van der Waals surface area contributed by atoms with E-state index >= 15 is 0 Å². The Morgan fingerprint density at radius 1 is 0.900 bits per heavy atom. The summed E-state index contributed by atoms with van der Waals surface area (Å²) in [5.74, 6) is -0.988. The number of benzene rings is 3. The number of hydrogen-bond acceptors (Lipinski definition) is 4. The smallest absolute Gasteiger partial charge is 0.262 e. The molecule has 6 heteroatoms. The quantitative estimate of drug-likeness (QED) is 0.635. The lowest BCUT2D eigenvalue weighted by atomic mass is 10.0. The molecule has 1 N–H and O–H groups in total. The molecule has 0 atom stereocenters. The van der Waals surface area contributed by atoms with Crippen LogP contribution in [0.1, 0.15) is 34.6 Å². The second kappa shape index (κ2) is 7.72. The number of ether oxygens (including phenoxy) is 1. The van der Waals surface area contributed by atoms with Crippen molar-refractivity contribution in [2.24, 2.45) is 0 Å². The lowest BCUT2D eigenvalue weighted by molar-refractivity contribution is -0.121. The van der Waals surface area contributed by atoms with Crippen LogP contribution in [0.2, 0.25) is 0 Å². The Bertz CT molecular complexity index is 1110. The summed E-state index contributed by atoms with van der Waals surface area (Å²) in [7, 11) is 0. The molecule has 152 valence electrons. The van der Waals surface area contributed by atoms with Gasteiger partial charge in [-0.2, -0.15) is 0 Å². The monoisotopic (exact) mass is 402 g/mol. The van der Waals surface area contributed by atoms with Crippen LogP contribution in [0.25, 0.3) is 10.8 Å². The van der Waals surface area contributed by atoms with E-state index in [1.54, 1.807) is 38.1 Å². The molecule has 6 nitrogen and oxygen atoms in total. The van der Waals surface area contributed by atoms with Gasteiger partial charge >= 0.3 is 0 Å². The van der Waals surface area contributed by atoms with Gasteiger partial charge in [-0.15, -0.1) is 0 Å². The Balaban J connectivity index is 1.38. The third kappa shape index (κ3) is 3.57. The van der Waals surface area contributed by atoms with Gasteiger partial charge in [-0.25, -0.2) is 0 Å². The zero-order valence-corrected chi connectivity index (χ0v) is 16.8. The van der Waals surface area contributed by atoms with Gasteiger partial charge in [-0.3, -0.25) is 19.3 Å². The van der Waals surface area contributed by atoms with Crippen molar-refractivity contribution in [3.8, 4) is 0 Å². The second-order valence-corrected chi connectivity index (χ2v) is 7.87. The summed E-state index contributed by atoms with van der Waals surface area (Å²) in [5.41, 5.74) is 0.599. The van der Waals surface area contributed by atoms with E-state index < -0.39 is 5.54 Å². The van der Waals surface area contributed by atoms with Gasteiger partial charge in [-0.1, -0.05) is 48.5 Å². The van der Waals surface area contributed by atoms with E-state index in [-0.39, 0.29) is 30.9 Å². The number of carbonyl (C=O) groups is 3. The summed E-state index contributed by atoms with van der Waals surface area (Å²) >= 11 is 0. The molecule has 0 fully saturated rings. The van der Waals surface area contributed by atoms with Gasteiger partial charge in [0.2, 0.25) is 5.91 Å². The number of rotatable bonds is 6. The van der Waals surface area contributed by atoms with E-state index in [2.05, 4.69) is 5.32 Å². The highest BCUT2D eigenvalue weighted by Crippen LogP contribution is 2.29. The van der Waals surface area contributed by atoms with Crippen LogP contribution in [0, 0.1) is 0 Å². The highest BCUT2D eigenvalue weighted by molar-refractivity contribution is 6.21. The van der Waals surface area contributed by atoms with Crippen molar-refractivity contribution in [3.63, 3.8) is 0 Å². The lowest BCUT2D eigenvalue weighted by Crippen LogP contribution is -2.50. The standard InChI is InChI=1S/C24H22N2O4/c1-24(2,26-22(28)18-11-5-6-12-19(18)23(26)29)15-30-14-21(27)25-20-13-7-9-16-8-3-4-10-17(16)20/h3-13H,14-15H2,1-2H3,(H,25,27). The molecule has 0 aromatic heterocycles. The predicted molar refractivity (Wildman–Crippen MR) is 114 cm³/mol. The van der Waals surface area contributed by atoms with Crippen molar-refractivity contribution >= 4 is 34.2 Å². The molecular weight excluding hydrogens is 380 g/mol. The minimum absolute atomic E-state index is 0.0431.